The summed E-state index contributed by atoms with van der Waals surface area (Å²) in [6.07, 6.45) is 1.43. The molecular formula is C25H31N3O4S. The first-order chi connectivity index (χ1) is 15.6. The van der Waals surface area contributed by atoms with E-state index in [1.54, 1.807) is 0 Å². The Bertz CT molecular complexity index is 1210. The van der Waals surface area contributed by atoms with Crippen LogP contribution in [-0.4, -0.2) is 28.0 Å². The van der Waals surface area contributed by atoms with E-state index >= 15 is 0 Å². The van der Waals surface area contributed by atoms with Crippen molar-refractivity contribution in [1.29, 1.82) is 0 Å². The number of para-hydroxylation sites is 1. The number of carbonyl (C=O) groups is 2. The zero-order valence-electron chi connectivity index (χ0n) is 20.0. The average Bonchev–Trinajstić information content (AvgIpc) is 3.05. The number of aromatic nitrogens is 2. The zero-order valence-corrected chi connectivity index (χ0v) is 20.8. The predicted octanol–water partition coefficient (Wildman–Crippen LogP) is 4.89. The molecule has 0 aliphatic heterocycles. The normalized spacial score (nSPS) is 11.4. The Morgan fingerprint density at radius 3 is 2.36 bits per heavy atom. The van der Waals surface area contributed by atoms with E-state index in [9.17, 15) is 14.4 Å². The number of thiophene rings is 1. The number of fused-ring (bicyclic) bond motifs is 1. The minimum Gasteiger partial charge on any atom is -0.456 e. The molecule has 8 heteroatoms. The minimum absolute atomic E-state index is 0.0254. The number of rotatable bonds is 8. The highest BCUT2D eigenvalue weighted by Crippen LogP contribution is 2.32. The van der Waals surface area contributed by atoms with Crippen LogP contribution in [0, 0.1) is 13.8 Å². The van der Waals surface area contributed by atoms with Crippen LogP contribution in [0.25, 0.3) is 10.2 Å². The summed E-state index contributed by atoms with van der Waals surface area (Å²) in [4.78, 5) is 43.6. The standard InChI is InChI=1S/C25H31N3O4S/c1-14(2)18-8-7-9-19(15(3)4)23(18)27-20(29)12-32-21(30)10-11-28-13-26-24-22(25(28)31)16(5)17(6)33-24/h7-9,13-15H,10-12H2,1-6H3,(H,27,29). The molecule has 1 N–H and O–H groups in total. The number of hydrogen-bond donors (Lipinski definition) is 1. The van der Waals surface area contributed by atoms with Gasteiger partial charge in [-0.05, 0) is 42.4 Å². The molecule has 33 heavy (non-hydrogen) atoms. The van der Waals surface area contributed by atoms with Crippen LogP contribution in [0.5, 0.6) is 0 Å². The lowest BCUT2D eigenvalue weighted by molar-refractivity contribution is -0.147. The van der Waals surface area contributed by atoms with Crippen LogP contribution in [0.4, 0.5) is 5.69 Å². The number of hydrogen-bond acceptors (Lipinski definition) is 6. The van der Waals surface area contributed by atoms with Crippen molar-refractivity contribution in [3.8, 4) is 0 Å². The van der Waals surface area contributed by atoms with Crippen molar-refractivity contribution in [2.24, 2.45) is 0 Å². The molecular weight excluding hydrogens is 438 g/mol. The Hall–Kier alpha value is -3.00. The van der Waals surface area contributed by atoms with Crippen molar-refractivity contribution < 1.29 is 14.3 Å². The van der Waals surface area contributed by atoms with Crippen LogP contribution in [0.3, 0.4) is 0 Å². The molecule has 0 fully saturated rings. The summed E-state index contributed by atoms with van der Waals surface area (Å²) >= 11 is 1.48. The molecule has 0 saturated carbocycles. The molecule has 2 heterocycles. The lowest BCUT2D eigenvalue weighted by atomic mass is 9.92. The number of ether oxygens (including phenoxy) is 1. The third-order valence-corrected chi connectivity index (χ3v) is 6.83. The summed E-state index contributed by atoms with van der Waals surface area (Å²) in [5, 5.41) is 3.52. The molecule has 3 aromatic rings. The van der Waals surface area contributed by atoms with Gasteiger partial charge >= 0.3 is 5.97 Å². The first kappa shape index (κ1) is 24.6. The number of amides is 1. The second-order valence-electron chi connectivity index (χ2n) is 8.79. The topological polar surface area (TPSA) is 90.3 Å². The van der Waals surface area contributed by atoms with Gasteiger partial charge in [0, 0.05) is 17.1 Å². The van der Waals surface area contributed by atoms with E-state index in [1.165, 1.54) is 22.2 Å². The Kier molecular flexibility index (Phi) is 7.68. The van der Waals surface area contributed by atoms with Gasteiger partial charge in [0.15, 0.2) is 6.61 Å². The third-order valence-electron chi connectivity index (χ3n) is 5.71. The van der Waals surface area contributed by atoms with Gasteiger partial charge in [0.1, 0.15) is 4.83 Å². The number of carbonyl (C=O) groups excluding carboxylic acids is 2. The fourth-order valence-corrected chi connectivity index (χ4v) is 4.72. The first-order valence-electron chi connectivity index (χ1n) is 11.1. The van der Waals surface area contributed by atoms with E-state index in [-0.39, 0.29) is 42.9 Å². The SMILES string of the molecule is Cc1sc2ncn(CCC(=O)OCC(=O)Nc3c(C(C)C)cccc3C(C)C)c(=O)c2c1C. The summed E-state index contributed by atoms with van der Waals surface area (Å²) < 4.78 is 6.58. The third kappa shape index (κ3) is 5.50. The second kappa shape index (κ2) is 10.3. The number of anilines is 1. The number of esters is 1. The van der Waals surface area contributed by atoms with E-state index < -0.39 is 5.97 Å². The number of benzene rings is 1. The molecule has 3 rings (SSSR count). The molecule has 7 nitrogen and oxygen atoms in total. The molecule has 1 aromatic carbocycles. The van der Waals surface area contributed by atoms with Gasteiger partial charge in [-0.1, -0.05) is 45.9 Å². The summed E-state index contributed by atoms with van der Waals surface area (Å²) in [6.45, 7) is 11.9. The van der Waals surface area contributed by atoms with Gasteiger partial charge in [-0.2, -0.15) is 0 Å². The molecule has 2 aromatic heterocycles. The molecule has 0 aliphatic carbocycles. The number of aryl methyl sites for hydroxylation is 3. The van der Waals surface area contributed by atoms with Crippen LogP contribution >= 0.6 is 11.3 Å². The molecule has 0 bridgehead atoms. The van der Waals surface area contributed by atoms with Crippen molar-refractivity contribution in [2.75, 3.05) is 11.9 Å². The molecule has 176 valence electrons. The Morgan fingerprint density at radius 1 is 1.12 bits per heavy atom. The van der Waals surface area contributed by atoms with E-state index in [0.29, 0.717) is 10.2 Å². The highest BCUT2D eigenvalue weighted by Gasteiger charge is 2.17. The van der Waals surface area contributed by atoms with Gasteiger partial charge in [-0.25, -0.2) is 4.98 Å². The second-order valence-corrected chi connectivity index (χ2v) is 9.99. The fourth-order valence-electron chi connectivity index (χ4n) is 3.73. The molecule has 0 radical (unpaired) electrons. The van der Waals surface area contributed by atoms with Crippen molar-refractivity contribution in [2.45, 2.75) is 66.3 Å². The average molecular weight is 470 g/mol. The zero-order chi connectivity index (χ0) is 24.3. The summed E-state index contributed by atoms with van der Waals surface area (Å²) in [5.74, 6) is -0.456. The highest BCUT2D eigenvalue weighted by atomic mass is 32.1. The molecule has 0 atom stereocenters. The van der Waals surface area contributed by atoms with Crippen LogP contribution < -0.4 is 10.9 Å². The number of nitrogens with one attached hydrogen (secondary N) is 1. The maximum absolute atomic E-state index is 12.7. The lowest BCUT2D eigenvalue weighted by Gasteiger charge is -2.20. The molecule has 0 spiro atoms. The van der Waals surface area contributed by atoms with E-state index in [1.807, 2.05) is 32.0 Å². The maximum Gasteiger partial charge on any atom is 0.308 e. The van der Waals surface area contributed by atoms with Gasteiger partial charge in [0.25, 0.3) is 11.5 Å². The van der Waals surface area contributed by atoms with E-state index in [0.717, 1.165) is 27.3 Å². The predicted molar refractivity (Wildman–Crippen MR) is 132 cm³/mol. The molecule has 0 saturated heterocycles. The van der Waals surface area contributed by atoms with Crippen LogP contribution in [-0.2, 0) is 20.9 Å². The largest absolute Gasteiger partial charge is 0.456 e. The van der Waals surface area contributed by atoms with Crippen LogP contribution in [0.2, 0.25) is 0 Å². The highest BCUT2D eigenvalue weighted by molar-refractivity contribution is 7.18. The smallest absolute Gasteiger partial charge is 0.308 e. The van der Waals surface area contributed by atoms with Gasteiger partial charge < -0.3 is 10.1 Å². The van der Waals surface area contributed by atoms with Crippen LogP contribution in [0.1, 0.15) is 67.5 Å². The van der Waals surface area contributed by atoms with Crippen molar-refractivity contribution in [3.63, 3.8) is 0 Å². The van der Waals surface area contributed by atoms with Gasteiger partial charge in [-0.3, -0.25) is 19.0 Å². The summed E-state index contributed by atoms with van der Waals surface area (Å²) in [5.41, 5.74) is 3.63. The first-order valence-corrected chi connectivity index (χ1v) is 11.9. The molecule has 1 amide bonds. The Balaban J connectivity index is 1.61. The van der Waals surface area contributed by atoms with Gasteiger partial charge in [0.05, 0.1) is 18.1 Å². The Morgan fingerprint density at radius 2 is 1.76 bits per heavy atom. The monoisotopic (exact) mass is 469 g/mol. The van der Waals surface area contributed by atoms with E-state index in [2.05, 4.69) is 38.0 Å². The molecule has 0 aliphatic rings. The quantitative estimate of drug-likeness (QED) is 0.474. The summed E-state index contributed by atoms with van der Waals surface area (Å²) in [7, 11) is 0. The van der Waals surface area contributed by atoms with Crippen molar-refractivity contribution in [1.82, 2.24) is 9.55 Å². The van der Waals surface area contributed by atoms with Gasteiger partial charge in [-0.15, -0.1) is 11.3 Å². The van der Waals surface area contributed by atoms with E-state index in [4.69, 9.17) is 4.74 Å². The Labute approximate surface area is 197 Å². The fraction of sp³-hybridized carbons (Fsp3) is 0.440. The number of nitrogens with zero attached hydrogens (tertiary/aromatic N) is 2. The van der Waals surface area contributed by atoms with Crippen molar-refractivity contribution in [3.05, 3.63) is 56.4 Å². The summed E-state index contributed by atoms with van der Waals surface area (Å²) in [6, 6.07) is 5.99. The lowest BCUT2D eigenvalue weighted by Crippen LogP contribution is -2.25. The van der Waals surface area contributed by atoms with Gasteiger partial charge in [0.2, 0.25) is 0 Å². The van der Waals surface area contributed by atoms with Crippen LogP contribution in [0.15, 0.2) is 29.3 Å². The van der Waals surface area contributed by atoms with Crippen molar-refractivity contribution >= 4 is 39.1 Å². The maximum atomic E-state index is 12.7. The minimum atomic E-state index is -0.545. The molecule has 0 unspecified atom stereocenters.